The summed E-state index contributed by atoms with van der Waals surface area (Å²) in [5.41, 5.74) is 1.52. The van der Waals surface area contributed by atoms with Crippen LogP contribution in [0.3, 0.4) is 0 Å². The number of carbonyl (C=O) groups is 1. The van der Waals surface area contributed by atoms with E-state index in [1.165, 1.54) is 0 Å². The zero-order valence-corrected chi connectivity index (χ0v) is 11.7. The molecule has 0 aliphatic carbocycles. The quantitative estimate of drug-likeness (QED) is 0.780. The van der Waals surface area contributed by atoms with Gasteiger partial charge in [0.25, 0.3) is 0 Å². The average Bonchev–Trinajstić information content (AvgIpc) is 2.47. The summed E-state index contributed by atoms with van der Waals surface area (Å²) in [6.45, 7) is 1.86. The van der Waals surface area contributed by atoms with Crippen LogP contribution in [0, 0.1) is 6.92 Å². The fraction of sp³-hybridized carbons (Fsp3) is 0.188. The molecule has 0 amide bonds. The number of aldehydes is 1. The molecule has 0 unspecified atom stereocenters. The van der Waals surface area contributed by atoms with Crippen molar-refractivity contribution in [2.24, 2.45) is 0 Å². The van der Waals surface area contributed by atoms with E-state index >= 15 is 0 Å². The monoisotopic (exact) mass is 272 g/mol. The third-order valence-electron chi connectivity index (χ3n) is 2.93. The van der Waals surface area contributed by atoms with Crippen LogP contribution in [-0.4, -0.2) is 20.5 Å². The lowest BCUT2D eigenvalue weighted by Crippen LogP contribution is -1.92. The van der Waals surface area contributed by atoms with Crippen molar-refractivity contribution in [3.63, 3.8) is 0 Å². The largest absolute Gasteiger partial charge is 0.496 e. The molecule has 2 rings (SSSR count). The van der Waals surface area contributed by atoms with Crippen molar-refractivity contribution < 1.29 is 19.0 Å². The minimum atomic E-state index is 0.611. The molecule has 0 radical (unpaired) electrons. The molecule has 0 saturated carbocycles. The van der Waals surface area contributed by atoms with Crippen molar-refractivity contribution in [1.29, 1.82) is 0 Å². The van der Waals surface area contributed by atoms with E-state index in [2.05, 4.69) is 0 Å². The zero-order valence-electron chi connectivity index (χ0n) is 11.7. The van der Waals surface area contributed by atoms with Crippen molar-refractivity contribution >= 4 is 6.29 Å². The number of ether oxygens (including phenoxy) is 3. The van der Waals surface area contributed by atoms with E-state index < -0.39 is 0 Å². The van der Waals surface area contributed by atoms with Crippen molar-refractivity contribution in [2.45, 2.75) is 6.92 Å². The van der Waals surface area contributed by atoms with Crippen molar-refractivity contribution in [3.05, 3.63) is 47.5 Å². The van der Waals surface area contributed by atoms with Crippen LogP contribution in [0.4, 0.5) is 0 Å². The van der Waals surface area contributed by atoms with Gasteiger partial charge in [-0.15, -0.1) is 0 Å². The number of hydrogen-bond donors (Lipinski definition) is 0. The van der Waals surface area contributed by atoms with Gasteiger partial charge in [-0.3, -0.25) is 4.79 Å². The van der Waals surface area contributed by atoms with E-state index in [-0.39, 0.29) is 0 Å². The van der Waals surface area contributed by atoms with Crippen LogP contribution in [0.5, 0.6) is 23.0 Å². The van der Waals surface area contributed by atoms with Crippen molar-refractivity contribution in [1.82, 2.24) is 0 Å². The lowest BCUT2D eigenvalue weighted by Gasteiger charge is -2.10. The second kappa shape index (κ2) is 6.10. The van der Waals surface area contributed by atoms with Gasteiger partial charge in [0.05, 0.1) is 14.2 Å². The molecule has 0 atom stereocenters. The fourth-order valence-corrected chi connectivity index (χ4v) is 1.82. The van der Waals surface area contributed by atoms with E-state index in [9.17, 15) is 4.79 Å². The van der Waals surface area contributed by atoms with Crippen LogP contribution < -0.4 is 14.2 Å². The van der Waals surface area contributed by atoms with Gasteiger partial charge < -0.3 is 14.2 Å². The Hall–Kier alpha value is -2.49. The van der Waals surface area contributed by atoms with E-state index in [0.29, 0.717) is 28.6 Å². The van der Waals surface area contributed by atoms with E-state index in [1.807, 2.05) is 13.0 Å². The van der Waals surface area contributed by atoms with E-state index in [1.54, 1.807) is 44.6 Å². The first-order valence-corrected chi connectivity index (χ1v) is 6.13. The molecule has 0 aliphatic heterocycles. The molecule has 2 aromatic carbocycles. The average molecular weight is 272 g/mol. The summed E-state index contributed by atoms with van der Waals surface area (Å²) in [6.07, 6.45) is 0.827. The first-order chi connectivity index (χ1) is 9.66. The molecular formula is C16H16O4. The highest BCUT2D eigenvalue weighted by molar-refractivity contribution is 5.77. The van der Waals surface area contributed by atoms with Crippen LogP contribution >= 0.6 is 0 Å². The highest BCUT2D eigenvalue weighted by Crippen LogP contribution is 2.31. The lowest BCUT2D eigenvalue weighted by molar-refractivity contribution is 0.112. The molecule has 0 N–H and O–H groups in total. The first kappa shape index (κ1) is 13.9. The van der Waals surface area contributed by atoms with Crippen LogP contribution in [0.15, 0.2) is 36.4 Å². The molecule has 0 fully saturated rings. The smallest absolute Gasteiger partial charge is 0.150 e. The molecule has 104 valence electrons. The normalized spacial score (nSPS) is 9.95. The molecule has 0 spiro atoms. The maximum absolute atomic E-state index is 10.8. The van der Waals surface area contributed by atoms with Crippen LogP contribution in [0.1, 0.15) is 15.9 Å². The van der Waals surface area contributed by atoms with Gasteiger partial charge in [-0.25, -0.2) is 0 Å². The van der Waals surface area contributed by atoms with Crippen molar-refractivity contribution in [2.75, 3.05) is 14.2 Å². The Labute approximate surface area is 117 Å². The maximum atomic E-state index is 10.8. The number of methoxy groups -OCH3 is 2. The van der Waals surface area contributed by atoms with Crippen LogP contribution in [-0.2, 0) is 0 Å². The summed E-state index contributed by atoms with van der Waals surface area (Å²) in [4.78, 5) is 10.8. The second-order valence-electron chi connectivity index (χ2n) is 4.29. The SMILES string of the molecule is COc1cc(OC)cc(Oc2ccc(C=O)c(C)c2)c1. The molecule has 2 aromatic rings. The third kappa shape index (κ3) is 3.09. The highest BCUT2D eigenvalue weighted by atomic mass is 16.5. The summed E-state index contributed by atoms with van der Waals surface area (Å²) < 4.78 is 16.1. The lowest BCUT2D eigenvalue weighted by atomic mass is 10.1. The molecule has 0 aliphatic rings. The molecule has 4 nitrogen and oxygen atoms in total. The van der Waals surface area contributed by atoms with Gasteiger partial charge in [0.2, 0.25) is 0 Å². The first-order valence-electron chi connectivity index (χ1n) is 6.13. The Morgan fingerprint density at radius 3 is 1.95 bits per heavy atom. The molecule has 0 bridgehead atoms. The van der Waals surface area contributed by atoms with Gasteiger partial charge in [-0.05, 0) is 30.7 Å². The molecule has 0 aromatic heterocycles. The number of benzene rings is 2. The Balaban J connectivity index is 2.29. The highest BCUT2D eigenvalue weighted by Gasteiger charge is 2.05. The Bertz CT molecular complexity index is 598. The Kier molecular flexibility index (Phi) is 4.25. The number of hydrogen-bond acceptors (Lipinski definition) is 4. The topological polar surface area (TPSA) is 44.8 Å². The minimum Gasteiger partial charge on any atom is -0.496 e. The number of carbonyl (C=O) groups excluding carboxylic acids is 1. The van der Waals surface area contributed by atoms with Gasteiger partial charge >= 0.3 is 0 Å². The predicted molar refractivity (Wildman–Crippen MR) is 76.2 cm³/mol. The molecular weight excluding hydrogens is 256 g/mol. The molecule has 20 heavy (non-hydrogen) atoms. The standard InChI is InChI=1S/C16H16O4/c1-11-6-13(5-4-12(11)10-17)20-16-8-14(18-2)7-15(9-16)19-3/h4-10H,1-3H3. The minimum absolute atomic E-state index is 0.611. The van der Waals surface area contributed by atoms with Gasteiger partial charge in [-0.2, -0.15) is 0 Å². The maximum Gasteiger partial charge on any atom is 0.150 e. The van der Waals surface area contributed by atoms with Gasteiger partial charge in [0.15, 0.2) is 0 Å². The van der Waals surface area contributed by atoms with Crippen LogP contribution in [0.2, 0.25) is 0 Å². The van der Waals surface area contributed by atoms with E-state index in [4.69, 9.17) is 14.2 Å². The molecule has 4 heteroatoms. The number of rotatable bonds is 5. The summed E-state index contributed by atoms with van der Waals surface area (Å²) in [5.74, 6) is 2.57. The fourth-order valence-electron chi connectivity index (χ4n) is 1.82. The summed E-state index contributed by atoms with van der Waals surface area (Å²) in [6, 6.07) is 10.6. The summed E-state index contributed by atoms with van der Waals surface area (Å²) in [5, 5.41) is 0. The zero-order chi connectivity index (χ0) is 14.5. The summed E-state index contributed by atoms with van der Waals surface area (Å²) in [7, 11) is 3.17. The third-order valence-corrected chi connectivity index (χ3v) is 2.93. The molecule has 0 saturated heterocycles. The summed E-state index contributed by atoms with van der Waals surface area (Å²) >= 11 is 0. The van der Waals surface area contributed by atoms with Crippen molar-refractivity contribution in [3.8, 4) is 23.0 Å². The van der Waals surface area contributed by atoms with Gasteiger partial charge in [-0.1, -0.05) is 0 Å². The van der Waals surface area contributed by atoms with Crippen LogP contribution in [0.25, 0.3) is 0 Å². The number of aryl methyl sites for hydroxylation is 1. The predicted octanol–water partition coefficient (Wildman–Crippen LogP) is 3.62. The van der Waals surface area contributed by atoms with Gasteiger partial charge in [0, 0.05) is 23.8 Å². The van der Waals surface area contributed by atoms with E-state index in [0.717, 1.165) is 11.8 Å². The molecule has 0 heterocycles. The Morgan fingerprint density at radius 2 is 1.45 bits per heavy atom. The van der Waals surface area contributed by atoms with Gasteiger partial charge in [0.1, 0.15) is 29.3 Å². The Morgan fingerprint density at radius 1 is 0.850 bits per heavy atom. The second-order valence-corrected chi connectivity index (χ2v) is 4.29.